The standard InChI is InChI=1S/C7H8O2S.ClH/c1-2-9-7(8)6-3-4-10-5-6;/h3-5H,2H2,1H3;1H. The first-order valence-corrected chi connectivity index (χ1v) is 3.98. The summed E-state index contributed by atoms with van der Waals surface area (Å²) >= 11 is 1.49. The van der Waals surface area contributed by atoms with Crippen LogP contribution in [0.1, 0.15) is 17.3 Å². The van der Waals surface area contributed by atoms with Gasteiger partial charge in [-0.1, -0.05) is 0 Å². The molecule has 2 nitrogen and oxygen atoms in total. The summed E-state index contributed by atoms with van der Waals surface area (Å²) in [6.07, 6.45) is 0. The second-order valence-electron chi connectivity index (χ2n) is 1.73. The largest absolute Gasteiger partial charge is 0.462 e. The van der Waals surface area contributed by atoms with Crippen molar-refractivity contribution in [2.45, 2.75) is 6.92 Å². The van der Waals surface area contributed by atoms with Crippen LogP contribution in [0.4, 0.5) is 0 Å². The van der Waals surface area contributed by atoms with Crippen LogP contribution in [0.25, 0.3) is 0 Å². The fraction of sp³-hybridized carbons (Fsp3) is 0.286. The van der Waals surface area contributed by atoms with Crippen molar-refractivity contribution in [1.29, 1.82) is 0 Å². The Balaban J connectivity index is 0.000001000. The summed E-state index contributed by atoms with van der Waals surface area (Å²) in [6, 6.07) is 1.75. The van der Waals surface area contributed by atoms with E-state index in [0.717, 1.165) is 0 Å². The fourth-order valence-corrected chi connectivity index (χ4v) is 1.22. The van der Waals surface area contributed by atoms with Gasteiger partial charge in [-0.3, -0.25) is 0 Å². The maximum absolute atomic E-state index is 10.9. The van der Waals surface area contributed by atoms with Crippen molar-refractivity contribution in [1.82, 2.24) is 0 Å². The van der Waals surface area contributed by atoms with E-state index >= 15 is 0 Å². The van der Waals surface area contributed by atoms with E-state index in [2.05, 4.69) is 0 Å². The number of carbonyl (C=O) groups excluding carboxylic acids is 1. The Labute approximate surface area is 75.6 Å². The first-order chi connectivity index (χ1) is 4.84. The second kappa shape index (κ2) is 5.16. The first-order valence-electron chi connectivity index (χ1n) is 3.04. The maximum atomic E-state index is 10.9. The van der Waals surface area contributed by atoms with Gasteiger partial charge in [0.1, 0.15) is 0 Å². The summed E-state index contributed by atoms with van der Waals surface area (Å²) in [5.74, 6) is -0.233. The molecule has 0 bridgehead atoms. The van der Waals surface area contributed by atoms with Crippen LogP contribution < -0.4 is 0 Å². The highest BCUT2D eigenvalue weighted by molar-refractivity contribution is 7.08. The van der Waals surface area contributed by atoms with Gasteiger partial charge in [0, 0.05) is 5.38 Å². The van der Waals surface area contributed by atoms with Gasteiger partial charge in [-0.15, -0.1) is 12.4 Å². The lowest BCUT2D eigenvalue weighted by atomic mass is 10.3. The summed E-state index contributed by atoms with van der Waals surface area (Å²) < 4.78 is 4.75. The molecule has 0 saturated carbocycles. The lowest BCUT2D eigenvalue weighted by Crippen LogP contribution is -2.02. The van der Waals surface area contributed by atoms with Gasteiger partial charge in [0.25, 0.3) is 0 Å². The minimum absolute atomic E-state index is 0. The molecule has 0 radical (unpaired) electrons. The minimum atomic E-state index is -0.233. The van der Waals surface area contributed by atoms with Crippen molar-refractivity contribution >= 4 is 29.7 Å². The zero-order chi connectivity index (χ0) is 7.40. The molecule has 0 spiro atoms. The van der Waals surface area contributed by atoms with Crippen molar-refractivity contribution in [2.75, 3.05) is 6.61 Å². The van der Waals surface area contributed by atoms with E-state index < -0.39 is 0 Å². The predicted octanol–water partition coefficient (Wildman–Crippen LogP) is 2.35. The van der Waals surface area contributed by atoms with E-state index in [1.807, 2.05) is 5.38 Å². The molecule has 0 N–H and O–H groups in total. The third kappa shape index (κ3) is 2.91. The van der Waals surface area contributed by atoms with E-state index in [1.165, 1.54) is 11.3 Å². The third-order valence-corrected chi connectivity index (χ3v) is 1.72. The van der Waals surface area contributed by atoms with Crippen molar-refractivity contribution < 1.29 is 9.53 Å². The average molecular weight is 193 g/mol. The van der Waals surface area contributed by atoms with Gasteiger partial charge < -0.3 is 4.74 Å². The van der Waals surface area contributed by atoms with E-state index in [4.69, 9.17) is 4.74 Å². The molecule has 1 aromatic heterocycles. The van der Waals surface area contributed by atoms with Crippen LogP contribution >= 0.6 is 23.7 Å². The highest BCUT2D eigenvalue weighted by atomic mass is 35.5. The Morgan fingerprint density at radius 3 is 2.91 bits per heavy atom. The zero-order valence-corrected chi connectivity index (χ0v) is 7.71. The van der Waals surface area contributed by atoms with E-state index in [-0.39, 0.29) is 18.4 Å². The molecule has 0 aliphatic carbocycles. The molecule has 62 valence electrons. The Bertz CT molecular complexity index is 208. The second-order valence-corrected chi connectivity index (χ2v) is 2.51. The monoisotopic (exact) mass is 192 g/mol. The summed E-state index contributed by atoms with van der Waals surface area (Å²) in [5, 5.41) is 3.63. The maximum Gasteiger partial charge on any atom is 0.338 e. The molecule has 0 saturated heterocycles. The molecule has 0 aliphatic heterocycles. The van der Waals surface area contributed by atoms with Gasteiger partial charge in [-0.05, 0) is 18.4 Å². The Morgan fingerprint density at radius 2 is 2.45 bits per heavy atom. The molecule has 0 unspecified atom stereocenters. The summed E-state index contributed by atoms with van der Waals surface area (Å²) in [4.78, 5) is 10.9. The molecule has 1 aromatic rings. The smallest absolute Gasteiger partial charge is 0.338 e. The molecule has 1 rings (SSSR count). The molecule has 0 atom stereocenters. The highest BCUT2D eigenvalue weighted by Crippen LogP contribution is 2.06. The van der Waals surface area contributed by atoms with Crippen molar-refractivity contribution in [3.63, 3.8) is 0 Å². The third-order valence-electron chi connectivity index (χ3n) is 1.03. The van der Waals surface area contributed by atoms with Gasteiger partial charge in [-0.2, -0.15) is 11.3 Å². The van der Waals surface area contributed by atoms with E-state index in [1.54, 1.807) is 18.4 Å². The van der Waals surface area contributed by atoms with Gasteiger partial charge in [0.05, 0.1) is 12.2 Å². The molecule has 1 heterocycles. The number of thiophene rings is 1. The van der Waals surface area contributed by atoms with Crippen molar-refractivity contribution in [3.8, 4) is 0 Å². The Morgan fingerprint density at radius 1 is 1.73 bits per heavy atom. The molecule has 0 aromatic carbocycles. The number of esters is 1. The molecule has 0 fully saturated rings. The predicted molar refractivity (Wildman–Crippen MR) is 47.5 cm³/mol. The molecule has 0 aliphatic rings. The van der Waals surface area contributed by atoms with Crippen LogP contribution in [-0.4, -0.2) is 12.6 Å². The summed E-state index contributed by atoms with van der Waals surface area (Å²) in [7, 11) is 0. The minimum Gasteiger partial charge on any atom is -0.462 e. The van der Waals surface area contributed by atoms with Crippen LogP contribution in [0.3, 0.4) is 0 Å². The van der Waals surface area contributed by atoms with Gasteiger partial charge in [-0.25, -0.2) is 4.79 Å². The van der Waals surface area contributed by atoms with Gasteiger partial charge >= 0.3 is 5.97 Å². The number of hydrogen-bond acceptors (Lipinski definition) is 3. The normalized spacial score (nSPS) is 8.45. The van der Waals surface area contributed by atoms with Crippen LogP contribution in [0.15, 0.2) is 16.8 Å². The topological polar surface area (TPSA) is 26.3 Å². The fourth-order valence-electron chi connectivity index (χ4n) is 0.595. The molecular formula is C7H9ClO2S. The number of ether oxygens (including phenoxy) is 1. The van der Waals surface area contributed by atoms with Crippen LogP contribution in [0.2, 0.25) is 0 Å². The SMILES string of the molecule is CCOC(=O)c1ccsc1.Cl. The molecule has 0 amide bonds. The lowest BCUT2D eigenvalue weighted by molar-refractivity contribution is 0.0527. The first kappa shape index (κ1) is 10.5. The lowest BCUT2D eigenvalue weighted by Gasteiger charge is -1.95. The number of halogens is 1. The number of hydrogen-bond donors (Lipinski definition) is 0. The zero-order valence-electron chi connectivity index (χ0n) is 6.07. The quantitative estimate of drug-likeness (QED) is 0.673. The van der Waals surface area contributed by atoms with E-state index in [9.17, 15) is 4.79 Å². The summed E-state index contributed by atoms with van der Waals surface area (Å²) in [5.41, 5.74) is 0.645. The number of rotatable bonds is 2. The number of carbonyl (C=O) groups is 1. The van der Waals surface area contributed by atoms with Gasteiger partial charge in [0.15, 0.2) is 0 Å². The van der Waals surface area contributed by atoms with Gasteiger partial charge in [0.2, 0.25) is 0 Å². The van der Waals surface area contributed by atoms with Crippen LogP contribution in [-0.2, 0) is 4.74 Å². The summed E-state index contributed by atoms with van der Waals surface area (Å²) in [6.45, 7) is 2.24. The Hall–Kier alpha value is -0.540. The average Bonchev–Trinajstić information content (AvgIpc) is 2.38. The van der Waals surface area contributed by atoms with Crippen molar-refractivity contribution in [3.05, 3.63) is 22.4 Å². The highest BCUT2D eigenvalue weighted by Gasteiger charge is 2.04. The molecular weight excluding hydrogens is 184 g/mol. The van der Waals surface area contributed by atoms with Crippen molar-refractivity contribution in [2.24, 2.45) is 0 Å². The van der Waals surface area contributed by atoms with Crippen LogP contribution in [0.5, 0.6) is 0 Å². The Kier molecular flexibility index (Phi) is 4.90. The molecule has 4 heteroatoms. The van der Waals surface area contributed by atoms with Crippen LogP contribution in [0, 0.1) is 0 Å². The van der Waals surface area contributed by atoms with E-state index in [0.29, 0.717) is 12.2 Å². The molecule has 11 heavy (non-hydrogen) atoms.